The fourth-order valence-corrected chi connectivity index (χ4v) is 9.01. The highest BCUT2D eigenvalue weighted by Gasteiger charge is 2.19. The molecule has 398 valence electrons. The minimum absolute atomic E-state index is 0.0246. The lowest BCUT2D eigenvalue weighted by Gasteiger charge is -2.22. The van der Waals surface area contributed by atoms with Crippen LogP contribution >= 0.6 is 0 Å². The number of hydrogen-bond donors (Lipinski definition) is 3. The van der Waals surface area contributed by atoms with E-state index in [2.05, 4.69) is 61.7 Å². The van der Waals surface area contributed by atoms with E-state index in [1.807, 2.05) is 6.08 Å². The highest BCUT2D eigenvalue weighted by Crippen LogP contribution is 2.17. The second-order valence-electron chi connectivity index (χ2n) is 20.3. The van der Waals surface area contributed by atoms with E-state index in [0.29, 0.717) is 32.3 Å². The first-order valence-corrected chi connectivity index (χ1v) is 29.9. The van der Waals surface area contributed by atoms with Crippen molar-refractivity contribution in [2.45, 2.75) is 321 Å². The molecular formula is C62H115NO5. The Balaban J connectivity index is 3.54. The smallest absolute Gasteiger partial charge is 0.305 e. The van der Waals surface area contributed by atoms with Crippen LogP contribution in [-0.2, 0) is 14.3 Å². The van der Waals surface area contributed by atoms with Gasteiger partial charge in [-0.25, -0.2) is 0 Å². The Morgan fingerprint density at radius 1 is 0.412 bits per heavy atom. The topological polar surface area (TPSA) is 95.9 Å². The van der Waals surface area contributed by atoms with E-state index in [0.717, 1.165) is 57.8 Å². The molecule has 0 aromatic heterocycles. The number of aliphatic hydroxyl groups is 2. The zero-order valence-electron chi connectivity index (χ0n) is 45.3. The molecule has 0 fully saturated rings. The molecule has 6 heteroatoms. The first-order valence-electron chi connectivity index (χ1n) is 29.9. The number of ether oxygens (including phenoxy) is 1. The molecule has 0 aliphatic carbocycles. The number of amides is 1. The van der Waals surface area contributed by atoms with E-state index in [1.165, 1.54) is 212 Å². The van der Waals surface area contributed by atoms with Crippen molar-refractivity contribution in [2.75, 3.05) is 13.2 Å². The molecule has 0 spiro atoms. The molecule has 68 heavy (non-hydrogen) atoms. The van der Waals surface area contributed by atoms with Crippen LogP contribution in [0.4, 0.5) is 0 Å². The average Bonchev–Trinajstić information content (AvgIpc) is 3.34. The Bertz CT molecular complexity index is 1150. The third-order valence-electron chi connectivity index (χ3n) is 13.6. The number of hydrogen-bond acceptors (Lipinski definition) is 5. The van der Waals surface area contributed by atoms with Crippen LogP contribution in [0.3, 0.4) is 0 Å². The van der Waals surface area contributed by atoms with Gasteiger partial charge in [0, 0.05) is 12.8 Å². The van der Waals surface area contributed by atoms with Crippen molar-refractivity contribution in [3.05, 3.63) is 48.6 Å². The average molecular weight is 955 g/mol. The molecular weight excluding hydrogens is 839 g/mol. The molecule has 0 radical (unpaired) electrons. The van der Waals surface area contributed by atoms with Crippen LogP contribution in [0.1, 0.15) is 309 Å². The zero-order chi connectivity index (χ0) is 49.3. The lowest BCUT2D eigenvalue weighted by Crippen LogP contribution is -2.45. The molecule has 0 aromatic rings. The molecule has 2 unspecified atom stereocenters. The molecule has 0 rings (SSSR count). The van der Waals surface area contributed by atoms with Gasteiger partial charge in [-0.15, -0.1) is 0 Å². The van der Waals surface area contributed by atoms with Crippen molar-refractivity contribution in [2.24, 2.45) is 0 Å². The molecule has 0 heterocycles. The van der Waals surface area contributed by atoms with E-state index >= 15 is 0 Å². The van der Waals surface area contributed by atoms with Gasteiger partial charge in [0.1, 0.15) is 0 Å². The lowest BCUT2D eigenvalue weighted by molar-refractivity contribution is -0.143. The van der Waals surface area contributed by atoms with Gasteiger partial charge in [-0.05, 0) is 77.0 Å². The summed E-state index contributed by atoms with van der Waals surface area (Å²) in [6.07, 6.45) is 72.6. The van der Waals surface area contributed by atoms with Gasteiger partial charge in [-0.3, -0.25) is 9.59 Å². The van der Waals surface area contributed by atoms with Gasteiger partial charge in [0.25, 0.3) is 0 Å². The number of allylic oxidation sites excluding steroid dienone is 8. The van der Waals surface area contributed by atoms with Crippen LogP contribution in [-0.4, -0.2) is 47.4 Å². The molecule has 0 saturated carbocycles. The minimum atomic E-state index is -0.701. The van der Waals surface area contributed by atoms with Gasteiger partial charge in [0.05, 0.1) is 25.4 Å². The monoisotopic (exact) mass is 954 g/mol. The van der Waals surface area contributed by atoms with Gasteiger partial charge in [0.15, 0.2) is 0 Å². The number of nitrogens with one attached hydrogen (secondary N) is 1. The Hall–Kier alpha value is -2.18. The second kappa shape index (κ2) is 57.4. The molecule has 2 atom stereocenters. The van der Waals surface area contributed by atoms with E-state index in [9.17, 15) is 19.8 Å². The maximum atomic E-state index is 12.5. The number of aliphatic hydroxyl groups excluding tert-OH is 2. The van der Waals surface area contributed by atoms with Crippen molar-refractivity contribution in [3.8, 4) is 0 Å². The van der Waals surface area contributed by atoms with Crippen molar-refractivity contribution in [3.63, 3.8) is 0 Å². The summed E-state index contributed by atoms with van der Waals surface area (Å²) >= 11 is 0. The van der Waals surface area contributed by atoms with Gasteiger partial charge in [-0.1, -0.05) is 268 Å². The molecule has 6 nitrogen and oxygen atoms in total. The second-order valence-corrected chi connectivity index (χ2v) is 20.3. The fourth-order valence-electron chi connectivity index (χ4n) is 9.01. The quantitative estimate of drug-likeness (QED) is 0.0321. The highest BCUT2D eigenvalue weighted by atomic mass is 16.5. The summed E-state index contributed by atoms with van der Waals surface area (Å²) < 4.78 is 5.46. The van der Waals surface area contributed by atoms with Crippen molar-refractivity contribution in [1.82, 2.24) is 5.32 Å². The zero-order valence-corrected chi connectivity index (χ0v) is 45.3. The van der Waals surface area contributed by atoms with E-state index in [1.54, 1.807) is 0 Å². The van der Waals surface area contributed by atoms with Gasteiger partial charge >= 0.3 is 5.97 Å². The fraction of sp³-hybridized carbons (Fsp3) is 0.839. The summed E-state index contributed by atoms with van der Waals surface area (Å²) in [5.41, 5.74) is 0. The van der Waals surface area contributed by atoms with Gasteiger partial charge in [-0.2, -0.15) is 0 Å². The summed E-state index contributed by atoms with van der Waals surface area (Å²) in [6, 6.07) is -0.588. The van der Waals surface area contributed by atoms with Crippen LogP contribution in [0.15, 0.2) is 48.6 Å². The highest BCUT2D eigenvalue weighted by molar-refractivity contribution is 5.76. The normalized spacial score (nSPS) is 12.9. The largest absolute Gasteiger partial charge is 0.466 e. The van der Waals surface area contributed by atoms with Crippen molar-refractivity contribution < 1.29 is 24.5 Å². The summed E-state index contributed by atoms with van der Waals surface area (Å²) in [5, 5.41) is 23.3. The molecule has 0 saturated heterocycles. The van der Waals surface area contributed by atoms with Crippen LogP contribution in [0, 0.1) is 0 Å². The standard InChI is InChI=1S/C62H115NO5/c1-3-5-7-9-11-13-15-17-19-21-22-23-24-26-27-30-34-38-42-46-50-54-60(65)59(58-64)63-61(66)55-51-47-43-39-35-31-29-33-37-41-45-49-53-57-68-62(67)56-52-48-44-40-36-32-28-25-20-18-16-14-12-10-8-6-4-2/h12,14,18,20,31,35,43,47,59-60,64-65H,3-11,13,15-17,19,21-30,32-34,36-42,44-46,48-58H2,1-2H3,(H,63,66)/b14-12-,20-18-,35-31-,47-43-. The summed E-state index contributed by atoms with van der Waals surface area (Å²) in [6.45, 7) is 4.87. The van der Waals surface area contributed by atoms with Crippen molar-refractivity contribution >= 4 is 11.9 Å². The number of carbonyl (C=O) groups excluding carboxylic acids is 2. The lowest BCUT2D eigenvalue weighted by atomic mass is 10.0. The third-order valence-corrected chi connectivity index (χ3v) is 13.6. The SMILES string of the molecule is CCCCC/C=C\C/C=C\CCCCCCCCCC(=O)OCCCCCCCC/C=C\C/C=C\CCC(=O)NC(CO)C(O)CCCCCCCCCCCCCCCCCCCCCCC. The summed E-state index contributed by atoms with van der Waals surface area (Å²) in [4.78, 5) is 24.5. The van der Waals surface area contributed by atoms with E-state index < -0.39 is 12.1 Å². The Morgan fingerprint density at radius 3 is 1.18 bits per heavy atom. The van der Waals surface area contributed by atoms with E-state index in [-0.39, 0.29) is 18.5 Å². The molecule has 1 amide bonds. The maximum absolute atomic E-state index is 12.5. The molecule has 0 bridgehead atoms. The Kier molecular flexibility index (Phi) is 55.6. The van der Waals surface area contributed by atoms with Crippen LogP contribution in [0.2, 0.25) is 0 Å². The number of unbranched alkanes of at least 4 members (excludes halogenated alkanes) is 36. The van der Waals surface area contributed by atoms with Crippen LogP contribution < -0.4 is 5.32 Å². The maximum Gasteiger partial charge on any atom is 0.305 e. The van der Waals surface area contributed by atoms with Gasteiger partial charge in [0.2, 0.25) is 5.91 Å². The molecule has 3 N–H and O–H groups in total. The summed E-state index contributed by atoms with van der Waals surface area (Å²) in [7, 11) is 0. The Morgan fingerprint density at radius 2 is 0.750 bits per heavy atom. The summed E-state index contributed by atoms with van der Waals surface area (Å²) in [5.74, 6) is -0.139. The number of rotatable bonds is 55. The predicted octanol–water partition coefficient (Wildman–Crippen LogP) is 18.6. The van der Waals surface area contributed by atoms with E-state index in [4.69, 9.17) is 4.74 Å². The third kappa shape index (κ3) is 53.2. The van der Waals surface area contributed by atoms with Crippen LogP contribution in [0.25, 0.3) is 0 Å². The molecule has 0 aromatic carbocycles. The molecule has 0 aliphatic heterocycles. The number of carbonyl (C=O) groups is 2. The predicted molar refractivity (Wildman–Crippen MR) is 296 cm³/mol. The first kappa shape index (κ1) is 65.8. The van der Waals surface area contributed by atoms with Crippen molar-refractivity contribution in [1.29, 1.82) is 0 Å². The minimum Gasteiger partial charge on any atom is -0.466 e. The van der Waals surface area contributed by atoms with Crippen LogP contribution in [0.5, 0.6) is 0 Å². The van der Waals surface area contributed by atoms with Gasteiger partial charge < -0.3 is 20.3 Å². The molecule has 0 aliphatic rings. The first-order chi connectivity index (χ1) is 33.5. The Labute approximate surface area is 423 Å². The number of esters is 1.